The summed E-state index contributed by atoms with van der Waals surface area (Å²) in [7, 11) is 2.11. The second-order valence-electron chi connectivity index (χ2n) is 5.95. The third-order valence-corrected chi connectivity index (χ3v) is 4.60. The van der Waals surface area contributed by atoms with Crippen LogP contribution in [-0.4, -0.2) is 10.1 Å². The smallest absolute Gasteiger partial charge is 0.0516 e. The van der Waals surface area contributed by atoms with Gasteiger partial charge in [-0.05, 0) is 29.9 Å². The molecule has 2 N–H and O–H groups in total. The van der Waals surface area contributed by atoms with Crippen molar-refractivity contribution in [3.8, 4) is 0 Å². The van der Waals surface area contributed by atoms with Gasteiger partial charge in [0.15, 0.2) is 0 Å². The molecule has 1 aromatic carbocycles. The molecule has 2 heteroatoms. The Morgan fingerprint density at radius 2 is 1.94 bits per heavy atom. The Bertz CT molecular complexity index is 574. The second kappa shape index (κ2) is 3.14. The Morgan fingerprint density at radius 1 is 1.24 bits per heavy atom. The van der Waals surface area contributed by atoms with Gasteiger partial charge in [-0.1, -0.05) is 32.0 Å². The first-order valence-corrected chi connectivity index (χ1v) is 6.29. The maximum atomic E-state index is 6.46. The molecule has 0 bridgehead atoms. The van der Waals surface area contributed by atoms with Crippen LogP contribution in [0.4, 0.5) is 0 Å². The Balaban J connectivity index is 2.27. The lowest BCUT2D eigenvalue weighted by Crippen LogP contribution is -2.43. The number of nitrogens with zero attached hydrogens (tertiary/aromatic N) is 1. The molecule has 3 rings (SSSR count). The number of fused-ring (bicyclic) bond motifs is 1. The minimum Gasteiger partial charge on any atom is -0.350 e. The minimum absolute atomic E-state index is 0.00838. The summed E-state index contributed by atoms with van der Waals surface area (Å²) in [5.74, 6) is 0. The number of para-hydroxylation sites is 1. The fraction of sp³-hybridized carbons (Fsp3) is 0.467. The minimum atomic E-state index is -0.00838. The topological polar surface area (TPSA) is 30.9 Å². The van der Waals surface area contributed by atoms with E-state index in [-0.39, 0.29) is 11.0 Å². The Labute approximate surface area is 102 Å². The summed E-state index contributed by atoms with van der Waals surface area (Å²) in [6.07, 6.45) is 4.40. The highest BCUT2D eigenvalue weighted by atomic mass is 14.9. The Hall–Kier alpha value is -1.28. The zero-order valence-corrected chi connectivity index (χ0v) is 10.8. The first-order chi connectivity index (χ1) is 7.96. The molecule has 0 spiro atoms. The zero-order valence-electron chi connectivity index (χ0n) is 10.8. The van der Waals surface area contributed by atoms with Crippen LogP contribution in [-0.2, 0) is 12.5 Å². The quantitative estimate of drug-likeness (QED) is 0.841. The maximum Gasteiger partial charge on any atom is 0.0516 e. The van der Waals surface area contributed by atoms with Gasteiger partial charge in [-0.25, -0.2) is 0 Å². The predicted molar refractivity (Wildman–Crippen MR) is 72.1 cm³/mol. The van der Waals surface area contributed by atoms with E-state index < -0.39 is 0 Å². The summed E-state index contributed by atoms with van der Waals surface area (Å²) in [5.41, 5.74) is 9.19. The van der Waals surface area contributed by atoms with E-state index in [9.17, 15) is 0 Å². The number of aryl methyl sites for hydroxylation is 1. The lowest BCUT2D eigenvalue weighted by molar-refractivity contribution is 0.393. The summed E-state index contributed by atoms with van der Waals surface area (Å²) in [5, 5.41) is 1.31. The lowest BCUT2D eigenvalue weighted by atomic mass is 9.75. The number of hydrogen-bond donors (Lipinski definition) is 1. The third-order valence-electron chi connectivity index (χ3n) is 4.60. The average molecular weight is 228 g/mol. The number of benzene rings is 1. The molecule has 2 aromatic rings. The van der Waals surface area contributed by atoms with Gasteiger partial charge in [0, 0.05) is 24.2 Å². The molecule has 0 amide bonds. The van der Waals surface area contributed by atoms with Gasteiger partial charge in [0.05, 0.1) is 5.52 Å². The van der Waals surface area contributed by atoms with Crippen molar-refractivity contribution in [2.24, 2.45) is 12.8 Å². The molecule has 0 radical (unpaired) electrons. The standard InChI is InChI=1S/C15H20N2/c1-14(2,15(16)8-9-15)12-6-4-5-11-7-10-17(3)13(11)12/h4-7,10H,8-9,16H2,1-3H3. The second-order valence-corrected chi connectivity index (χ2v) is 5.95. The van der Waals surface area contributed by atoms with Crippen LogP contribution in [0.25, 0.3) is 10.9 Å². The van der Waals surface area contributed by atoms with Crippen molar-refractivity contribution >= 4 is 10.9 Å². The number of hydrogen-bond acceptors (Lipinski definition) is 1. The SMILES string of the molecule is Cn1ccc2cccc(C(C)(C)C3(N)CC3)c21. The summed E-state index contributed by atoms with van der Waals surface area (Å²) in [4.78, 5) is 0. The van der Waals surface area contributed by atoms with Crippen molar-refractivity contribution < 1.29 is 0 Å². The molecule has 1 heterocycles. The van der Waals surface area contributed by atoms with E-state index >= 15 is 0 Å². The predicted octanol–water partition coefficient (Wildman–Crippen LogP) is 2.95. The van der Waals surface area contributed by atoms with Crippen molar-refractivity contribution in [2.45, 2.75) is 37.6 Å². The van der Waals surface area contributed by atoms with Gasteiger partial charge >= 0.3 is 0 Å². The normalized spacial score (nSPS) is 18.6. The highest BCUT2D eigenvalue weighted by Gasteiger charge is 2.52. The molecule has 90 valence electrons. The maximum absolute atomic E-state index is 6.46. The van der Waals surface area contributed by atoms with Crippen LogP contribution >= 0.6 is 0 Å². The van der Waals surface area contributed by atoms with Crippen LogP contribution in [0.1, 0.15) is 32.3 Å². The van der Waals surface area contributed by atoms with E-state index in [2.05, 4.69) is 55.9 Å². The van der Waals surface area contributed by atoms with E-state index in [1.54, 1.807) is 0 Å². The molecule has 0 saturated heterocycles. The molecule has 1 aliphatic rings. The van der Waals surface area contributed by atoms with Crippen LogP contribution in [0.3, 0.4) is 0 Å². The van der Waals surface area contributed by atoms with Crippen LogP contribution < -0.4 is 5.73 Å². The van der Waals surface area contributed by atoms with Crippen molar-refractivity contribution in [1.82, 2.24) is 4.57 Å². The van der Waals surface area contributed by atoms with Crippen LogP contribution in [0.5, 0.6) is 0 Å². The van der Waals surface area contributed by atoms with Crippen molar-refractivity contribution in [3.63, 3.8) is 0 Å². The van der Waals surface area contributed by atoms with Gasteiger partial charge in [-0.15, -0.1) is 0 Å². The molecule has 17 heavy (non-hydrogen) atoms. The largest absolute Gasteiger partial charge is 0.350 e. The highest BCUT2D eigenvalue weighted by Crippen LogP contribution is 2.50. The van der Waals surface area contributed by atoms with Crippen LogP contribution in [0.2, 0.25) is 0 Å². The van der Waals surface area contributed by atoms with Gasteiger partial charge in [-0.2, -0.15) is 0 Å². The van der Waals surface area contributed by atoms with E-state index in [4.69, 9.17) is 5.73 Å². The van der Waals surface area contributed by atoms with Gasteiger partial charge in [-0.3, -0.25) is 0 Å². The first kappa shape index (κ1) is 10.8. The summed E-state index contributed by atoms with van der Waals surface area (Å²) in [6.45, 7) is 4.56. The van der Waals surface area contributed by atoms with E-state index in [0.29, 0.717) is 0 Å². The molecule has 0 unspecified atom stereocenters. The Kier molecular flexibility index (Phi) is 2.00. The fourth-order valence-electron chi connectivity index (χ4n) is 2.89. The molecule has 1 saturated carbocycles. The molecule has 1 aliphatic carbocycles. The molecule has 0 aliphatic heterocycles. The van der Waals surface area contributed by atoms with Crippen molar-refractivity contribution in [2.75, 3.05) is 0 Å². The van der Waals surface area contributed by atoms with Crippen LogP contribution in [0.15, 0.2) is 30.5 Å². The van der Waals surface area contributed by atoms with E-state index in [1.165, 1.54) is 16.5 Å². The number of aromatic nitrogens is 1. The summed E-state index contributed by atoms with van der Waals surface area (Å²) < 4.78 is 2.21. The highest BCUT2D eigenvalue weighted by molar-refractivity contribution is 5.84. The fourth-order valence-corrected chi connectivity index (χ4v) is 2.89. The van der Waals surface area contributed by atoms with Crippen molar-refractivity contribution in [1.29, 1.82) is 0 Å². The van der Waals surface area contributed by atoms with Gasteiger partial charge in [0.2, 0.25) is 0 Å². The molecule has 1 aromatic heterocycles. The summed E-state index contributed by atoms with van der Waals surface area (Å²) in [6, 6.07) is 8.72. The molecule has 0 atom stereocenters. The average Bonchev–Trinajstić information content (AvgIpc) is 2.95. The molecule has 2 nitrogen and oxygen atoms in total. The lowest BCUT2D eigenvalue weighted by Gasteiger charge is -2.33. The molecular formula is C15H20N2. The van der Waals surface area contributed by atoms with Crippen LogP contribution in [0, 0.1) is 0 Å². The van der Waals surface area contributed by atoms with Crippen molar-refractivity contribution in [3.05, 3.63) is 36.0 Å². The molecule has 1 fully saturated rings. The molecular weight excluding hydrogens is 208 g/mol. The first-order valence-electron chi connectivity index (χ1n) is 6.29. The van der Waals surface area contributed by atoms with E-state index in [1.807, 2.05) is 0 Å². The van der Waals surface area contributed by atoms with Gasteiger partial charge in [0.1, 0.15) is 0 Å². The van der Waals surface area contributed by atoms with Gasteiger partial charge < -0.3 is 10.3 Å². The number of rotatable bonds is 2. The Morgan fingerprint density at radius 3 is 2.59 bits per heavy atom. The summed E-state index contributed by atoms with van der Waals surface area (Å²) >= 11 is 0. The third kappa shape index (κ3) is 1.37. The zero-order chi connectivity index (χ0) is 12.3. The van der Waals surface area contributed by atoms with Gasteiger partial charge in [0.25, 0.3) is 0 Å². The van der Waals surface area contributed by atoms with E-state index in [0.717, 1.165) is 12.8 Å². The monoisotopic (exact) mass is 228 g/mol. The number of nitrogens with two attached hydrogens (primary N) is 1.